The first-order valence-electron chi connectivity index (χ1n) is 8.16. The number of aromatic carboxylic acids is 1. The van der Waals surface area contributed by atoms with E-state index in [1.807, 2.05) is 60.7 Å². The van der Waals surface area contributed by atoms with E-state index in [4.69, 9.17) is 5.10 Å². The molecule has 0 atom stereocenters. The molecule has 0 spiro atoms. The van der Waals surface area contributed by atoms with Crippen molar-refractivity contribution < 1.29 is 9.90 Å². The molecule has 2 aromatic heterocycles. The first kappa shape index (κ1) is 17.9. The highest BCUT2D eigenvalue weighted by Crippen LogP contribution is 2.36. The average Bonchev–Trinajstić information content (AvgIpc) is 3.23. The van der Waals surface area contributed by atoms with E-state index in [1.54, 1.807) is 11.6 Å². The van der Waals surface area contributed by atoms with Crippen LogP contribution >= 0.6 is 33.9 Å². The van der Waals surface area contributed by atoms with Crippen molar-refractivity contribution in [3.05, 3.63) is 74.8 Å². The van der Waals surface area contributed by atoms with Gasteiger partial charge in [-0.1, -0.05) is 72.0 Å². The van der Waals surface area contributed by atoms with Crippen molar-refractivity contribution in [3.8, 4) is 27.6 Å². The number of carboxylic acid groups (broad SMARTS) is 1. The molecule has 5 nitrogen and oxygen atoms in total. The molecule has 0 aliphatic heterocycles. The molecule has 0 aliphatic carbocycles. The molecule has 1 N–H and O–H groups in total. The lowest BCUT2D eigenvalue weighted by atomic mass is 10.1. The van der Waals surface area contributed by atoms with Crippen LogP contribution in [0.2, 0.25) is 0 Å². The summed E-state index contributed by atoms with van der Waals surface area (Å²) in [5.74, 6) is -1.03. The van der Waals surface area contributed by atoms with Crippen molar-refractivity contribution in [3.63, 3.8) is 0 Å². The fraction of sp³-hybridized carbons (Fsp3) is 0.0500. The fourth-order valence-corrected chi connectivity index (χ4v) is 4.65. The lowest BCUT2D eigenvalue weighted by Gasteiger charge is -2.04. The van der Waals surface area contributed by atoms with Gasteiger partial charge < -0.3 is 5.11 Å². The standard InChI is InChI=1S/C20H14IN3O2S/c1-12-16(19(25)26)22-20(27-12)24-18(14-10-6-3-7-11-14)15(21)17(23-24)13-8-4-2-5-9-13/h2-11H,1H3,(H,25,26). The molecule has 2 aromatic carbocycles. The van der Waals surface area contributed by atoms with Gasteiger partial charge in [0.25, 0.3) is 0 Å². The van der Waals surface area contributed by atoms with Gasteiger partial charge in [0.2, 0.25) is 5.13 Å². The van der Waals surface area contributed by atoms with Gasteiger partial charge in [-0.15, -0.1) is 0 Å². The van der Waals surface area contributed by atoms with Gasteiger partial charge in [-0.2, -0.15) is 5.10 Å². The Bertz CT molecular complexity index is 1120. The monoisotopic (exact) mass is 487 g/mol. The number of halogens is 1. The smallest absolute Gasteiger partial charge is 0.355 e. The maximum absolute atomic E-state index is 11.4. The summed E-state index contributed by atoms with van der Waals surface area (Å²) < 4.78 is 2.75. The van der Waals surface area contributed by atoms with Crippen LogP contribution in [0, 0.1) is 10.5 Å². The lowest BCUT2D eigenvalue weighted by Crippen LogP contribution is -2.02. The van der Waals surface area contributed by atoms with E-state index in [0.29, 0.717) is 10.0 Å². The molecule has 0 fully saturated rings. The molecule has 27 heavy (non-hydrogen) atoms. The van der Waals surface area contributed by atoms with E-state index in [9.17, 15) is 9.90 Å². The summed E-state index contributed by atoms with van der Waals surface area (Å²) in [5.41, 5.74) is 3.83. The third kappa shape index (κ3) is 3.28. The van der Waals surface area contributed by atoms with Gasteiger partial charge in [-0.05, 0) is 29.5 Å². The number of rotatable bonds is 4. The van der Waals surface area contributed by atoms with Crippen LogP contribution in [0.1, 0.15) is 15.4 Å². The Labute approximate surface area is 173 Å². The van der Waals surface area contributed by atoms with Crippen molar-refractivity contribution in [1.29, 1.82) is 0 Å². The number of aromatic nitrogens is 3. The Morgan fingerprint density at radius 1 is 1.04 bits per heavy atom. The van der Waals surface area contributed by atoms with Gasteiger partial charge in [-0.25, -0.2) is 14.5 Å². The van der Waals surface area contributed by atoms with E-state index in [1.165, 1.54) is 11.3 Å². The van der Waals surface area contributed by atoms with Crippen molar-refractivity contribution in [1.82, 2.24) is 14.8 Å². The van der Waals surface area contributed by atoms with E-state index in [-0.39, 0.29) is 5.69 Å². The van der Waals surface area contributed by atoms with Crippen LogP contribution in [0.15, 0.2) is 60.7 Å². The Morgan fingerprint density at radius 3 is 2.19 bits per heavy atom. The largest absolute Gasteiger partial charge is 0.476 e. The second kappa shape index (κ2) is 7.24. The number of hydrogen-bond acceptors (Lipinski definition) is 4. The number of aryl methyl sites for hydroxylation is 1. The van der Waals surface area contributed by atoms with Gasteiger partial charge in [0.1, 0.15) is 5.69 Å². The first-order chi connectivity index (χ1) is 13.1. The summed E-state index contributed by atoms with van der Waals surface area (Å²) in [6, 6.07) is 19.9. The number of nitrogens with zero attached hydrogens (tertiary/aromatic N) is 3. The molecule has 134 valence electrons. The molecular weight excluding hydrogens is 473 g/mol. The molecule has 4 aromatic rings. The molecular formula is C20H14IN3O2S. The van der Waals surface area contributed by atoms with E-state index >= 15 is 0 Å². The van der Waals surface area contributed by atoms with Crippen LogP contribution < -0.4 is 0 Å². The summed E-state index contributed by atoms with van der Waals surface area (Å²) in [7, 11) is 0. The van der Waals surface area contributed by atoms with Crippen LogP contribution in [0.5, 0.6) is 0 Å². The molecule has 0 saturated carbocycles. The van der Waals surface area contributed by atoms with E-state index < -0.39 is 5.97 Å². The highest BCUT2D eigenvalue weighted by Gasteiger charge is 2.23. The Hall–Kier alpha value is -2.52. The highest BCUT2D eigenvalue weighted by molar-refractivity contribution is 14.1. The van der Waals surface area contributed by atoms with Gasteiger partial charge in [0.05, 0.1) is 9.26 Å². The molecule has 0 aliphatic rings. The molecule has 7 heteroatoms. The normalized spacial score (nSPS) is 10.9. The van der Waals surface area contributed by atoms with Crippen LogP contribution in [0.25, 0.3) is 27.6 Å². The summed E-state index contributed by atoms with van der Waals surface area (Å²) in [6.45, 7) is 1.76. The quantitative estimate of drug-likeness (QED) is 0.398. The van der Waals surface area contributed by atoms with Crippen molar-refractivity contribution in [2.75, 3.05) is 0 Å². The Morgan fingerprint density at radius 2 is 1.63 bits per heavy atom. The Balaban J connectivity index is 1.98. The second-order valence-corrected chi connectivity index (χ2v) is 8.12. The van der Waals surface area contributed by atoms with Gasteiger partial charge in [0.15, 0.2) is 5.69 Å². The minimum atomic E-state index is -1.03. The molecule has 4 rings (SSSR count). The van der Waals surface area contributed by atoms with Gasteiger partial charge >= 0.3 is 5.97 Å². The zero-order chi connectivity index (χ0) is 19.0. The molecule has 0 unspecified atom stereocenters. The van der Waals surface area contributed by atoms with Crippen molar-refractivity contribution >= 4 is 39.9 Å². The topological polar surface area (TPSA) is 68.0 Å². The number of hydrogen-bond donors (Lipinski definition) is 1. The van der Waals surface area contributed by atoms with Crippen LogP contribution in [-0.4, -0.2) is 25.8 Å². The van der Waals surface area contributed by atoms with Crippen LogP contribution in [0.4, 0.5) is 0 Å². The van der Waals surface area contributed by atoms with Gasteiger partial charge in [-0.3, -0.25) is 0 Å². The lowest BCUT2D eigenvalue weighted by molar-refractivity contribution is 0.0690. The summed E-state index contributed by atoms with van der Waals surface area (Å²) in [6.07, 6.45) is 0. The predicted octanol–water partition coefficient (Wildman–Crippen LogP) is 5.27. The Kier molecular flexibility index (Phi) is 4.79. The van der Waals surface area contributed by atoms with Crippen LogP contribution in [0.3, 0.4) is 0 Å². The third-order valence-corrected chi connectivity index (χ3v) is 6.06. The number of thiazole rings is 1. The second-order valence-electron chi connectivity index (χ2n) is 5.86. The maximum atomic E-state index is 11.4. The minimum absolute atomic E-state index is 0.0702. The van der Waals surface area contributed by atoms with Crippen molar-refractivity contribution in [2.24, 2.45) is 0 Å². The van der Waals surface area contributed by atoms with Gasteiger partial charge in [0, 0.05) is 16.0 Å². The minimum Gasteiger partial charge on any atom is -0.476 e. The van der Waals surface area contributed by atoms with E-state index in [0.717, 1.165) is 26.1 Å². The molecule has 0 bridgehead atoms. The summed E-state index contributed by atoms with van der Waals surface area (Å²) in [4.78, 5) is 16.4. The summed E-state index contributed by atoms with van der Waals surface area (Å²) >= 11 is 3.63. The molecule has 0 radical (unpaired) electrons. The molecule has 0 amide bonds. The zero-order valence-electron chi connectivity index (χ0n) is 14.3. The number of carbonyl (C=O) groups is 1. The summed E-state index contributed by atoms with van der Waals surface area (Å²) in [5, 5.41) is 14.7. The highest BCUT2D eigenvalue weighted by atomic mass is 127. The van der Waals surface area contributed by atoms with E-state index in [2.05, 4.69) is 27.6 Å². The SMILES string of the molecule is Cc1sc(-n2nc(-c3ccccc3)c(I)c2-c2ccccc2)nc1C(=O)O. The molecule has 0 saturated heterocycles. The number of benzene rings is 2. The average molecular weight is 487 g/mol. The molecule has 2 heterocycles. The predicted molar refractivity (Wildman–Crippen MR) is 115 cm³/mol. The fourth-order valence-electron chi connectivity index (χ4n) is 2.83. The first-order valence-corrected chi connectivity index (χ1v) is 10.1. The maximum Gasteiger partial charge on any atom is 0.355 e. The zero-order valence-corrected chi connectivity index (χ0v) is 17.2. The van der Waals surface area contributed by atoms with Crippen LogP contribution in [-0.2, 0) is 0 Å². The third-order valence-electron chi connectivity index (χ3n) is 4.09. The van der Waals surface area contributed by atoms with Crippen molar-refractivity contribution in [2.45, 2.75) is 6.92 Å². The number of carboxylic acids is 1.